The molecule has 0 radical (unpaired) electrons. The monoisotopic (exact) mass is 339 g/mol. The molecule has 1 aliphatic rings. The molecule has 4 heteroatoms. The number of nitrogens with one attached hydrogen (secondary N) is 1. The molecule has 25 heavy (non-hydrogen) atoms. The van der Waals surface area contributed by atoms with Gasteiger partial charge in [-0.25, -0.2) is 0 Å². The zero-order chi connectivity index (χ0) is 17.5. The molecule has 0 aromatic heterocycles. The lowest BCUT2D eigenvalue weighted by molar-refractivity contribution is 0.0679. The van der Waals surface area contributed by atoms with Gasteiger partial charge in [0.15, 0.2) is 0 Å². The molecule has 1 heterocycles. The molecule has 4 nitrogen and oxygen atoms in total. The molecule has 1 aliphatic heterocycles. The Hall–Kier alpha value is -2.33. The number of benzene rings is 2. The third kappa shape index (κ3) is 5.07. The zero-order valence-corrected chi connectivity index (χ0v) is 14.7. The van der Waals surface area contributed by atoms with Crippen molar-refractivity contribution in [2.24, 2.45) is 0 Å². The van der Waals surface area contributed by atoms with Crippen LogP contribution in [0.15, 0.2) is 48.5 Å². The first kappa shape index (κ1) is 17.5. The molecule has 1 saturated heterocycles. The standard InChI is InChI=1S/C21H25NO3/c1-2-4-16-6-10-18(11-7-16)22-21(23)17-8-12-19(13-9-17)25-15-20-5-3-14-24-20/h6-13,20H,2-5,14-15H2,1H3,(H,22,23). The van der Waals surface area contributed by atoms with E-state index >= 15 is 0 Å². The summed E-state index contributed by atoms with van der Waals surface area (Å²) in [6.45, 7) is 3.55. The van der Waals surface area contributed by atoms with Gasteiger partial charge >= 0.3 is 0 Å². The van der Waals surface area contributed by atoms with E-state index in [0.717, 1.165) is 43.7 Å². The van der Waals surface area contributed by atoms with Crippen molar-refractivity contribution in [1.29, 1.82) is 0 Å². The van der Waals surface area contributed by atoms with Crippen molar-refractivity contribution < 1.29 is 14.3 Å². The van der Waals surface area contributed by atoms with Gasteiger partial charge in [-0.1, -0.05) is 25.5 Å². The van der Waals surface area contributed by atoms with Crippen LogP contribution in [0, 0.1) is 0 Å². The second-order valence-electron chi connectivity index (χ2n) is 6.37. The summed E-state index contributed by atoms with van der Waals surface area (Å²) in [7, 11) is 0. The maximum Gasteiger partial charge on any atom is 0.255 e. The Balaban J connectivity index is 1.52. The molecule has 132 valence electrons. The van der Waals surface area contributed by atoms with Crippen LogP contribution in [0.2, 0.25) is 0 Å². The van der Waals surface area contributed by atoms with Gasteiger partial charge in [0.1, 0.15) is 12.4 Å². The molecule has 1 atom stereocenters. The lowest BCUT2D eigenvalue weighted by Gasteiger charge is -2.12. The van der Waals surface area contributed by atoms with Gasteiger partial charge in [-0.05, 0) is 61.2 Å². The highest BCUT2D eigenvalue weighted by Crippen LogP contribution is 2.18. The Bertz CT molecular complexity index is 673. The average molecular weight is 339 g/mol. The lowest BCUT2D eigenvalue weighted by atomic mass is 10.1. The number of ether oxygens (including phenoxy) is 2. The maximum atomic E-state index is 12.3. The molecule has 1 unspecified atom stereocenters. The normalized spacial score (nSPS) is 16.6. The van der Waals surface area contributed by atoms with E-state index in [1.165, 1.54) is 5.56 Å². The van der Waals surface area contributed by atoms with Gasteiger partial charge in [0.2, 0.25) is 0 Å². The van der Waals surface area contributed by atoms with Crippen LogP contribution in [0.4, 0.5) is 5.69 Å². The molecule has 2 aromatic rings. The summed E-state index contributed by atoms with van der Waals surface area (Å²) in [5, 5.41) is 2.92. The molecule has 1 fully saturated rings. The van der Waals surface area contributed by atoms with E-state index in [1.54, 1.807) is 12.1 Å². The summed E-state index contributed by atoms with van der Waals surface area (Å²) >= 11 is 0. The first-order chi connectivity index (χ1) is 12.2. The van der Waals surface area contributed by atoms with Gasteiger partial charge < -0.3 is 14.8 Å². The summed E-state index contributed by atoms with van der Waals surface area (Å²) in [5.41, 5.74) is 2.71. The van der Waals surface area contributed by atoms with E-state index in [-0.39, 0.29) is 12.0 Å². The quantitative estimate of drug-likeness (QED) is 0.811. The Labute approximate surface area is 149 Å². The molecular formula is C21H25NO3. The first-order valence-corrected chi connectivity index (χ1v) is 8.99. The van der Waals surface area contributed by atoms with Crippen molar-refractivity contribution in [2.75, 3.05) is 18.5 Å². The van der Waals surface area contributed by atoms with Crippen LogP contribution in [-0.4, -0.2) is 25.2 Å². The topological polar surface area (TPSA) is 47.6 Å². The first-order valence-electron chi connectivity index (χ1n) is 8.99. The van der Waals surface area contributed by atoms with Crippen molar-refractivity contribution in [2.45, 2.75) is 38.7 Å². The van der Waals surface area contributed by atoms with Gasteiger partial charge in [-0.3, -0.25) is 4.79 Å². The second kappa shape index (κ2) is 8.67. The molecule has 0 saturated carbocycles. The van der Waals surface area contributed by atoms with E-state index in [4.69, 9.17) is 9.47 Å². The van der Waals surface area contributed by atoms with Crippen LogP contribution in [0.1, 0.15) is 42.1 Å². The number of carbonyl (C=O) groups is 1. The minimum atomic E-state index is -0.117. The van der Waals surface area contributed by atoms with Crippen LogP contribution in [0.25, 0.3) is 0 Å². The van der Waals surface area contributed by atoms with E-state index in [1.807, 2.05) is 24.3 Å². The highest BCUT2D eigenvalue weighted by atomic mass is 16.5. The molecular weight excluding hydrogens is 314 g/mol. The van der Waals surface area contributed by atoms with Gasteiger partial charge in [0.05, 0.1) is 6.10 Å². The van der Waals surface area contributed by atoms with Gasteiger partial charge in [-0.2, -0.15) is 0 Å². The summed E-state index contributed by atoms with van der Waals surface area (Å²) in [4.78, 5) is 12.3. The number of rotatable bonds is 7. The number of anilines is 1. The zero-order valence-electron chi connectivity index (χ0n) is 14.7. The third-order valence-electron chi connectivity index (χ3n) is 4.33. The highest BCUT2D eigenvalue weighted by molar-refractivity contribution is 6.04. The van der Waals surface area contributed by atoms with Crippen LogP contribution in [-0.2, 0) is 11.2 Å². The number of carbonyl (C=O) groups excluding carboxylic acids is 1. The smallest absolute Gasteiger partial charge is 0.255 e. The second-order valence-corrected chi connectivity index (χ2v) is 6.37. The van der Waals surface area contributed by atoms with E-state index in [0.29, 0.717) is 12.2 Å². The minimum absolute atomic E-state index is 0.117. The number of hydrogen-bond donors (Lipinski definition) is 1. The summed E-state index contributed by atoms with van der Waals surface area (Å²) < 4.78 is 11.3. The average Bonchev–Trinajstić information content (AvgIpc) is 3.16. The Kier molecular flexibility index (Phi) is 6.07. The van der Waals surface area contributed by atoms with Gasteiger partial charge in [0.25, 0.3) is 5.91 Å². The fourth-order valence-electron chi connectivity index (χ4n) is 2.91. The Morgan fingerprint density at radius 3 is 2.56 bits per heavy atom. The Morgan fingerprint density at radius 2 is 1.92 bits per heavy atom. The fourth-order valence-corrected chi connectivity index (χ4v) is 2.91. The third-order valence-corrected chi connectivity index (χ3v) is 4.33. The van der Waals surface area contributed by atoms with Gasteiger partial charge in [-0.15, -0.1) is 0 Å². The van der Waals surface area contributed by atoms with Crippen molar-refractivity contribution >= 4 is 11.6 Å². The van der Waals surface area contributed by atoms with Crippen molar-refractivity contribution in [3.63, 3.8) is 0 Å². The Morgan fingerprint density at radius 1 is 1.16 bits per heavy atom. The van der Waals surface area contributed by atoms with Crippen molar-refractivity contribution in [1.82, 2.24) is 0 Å². The van der Waals surface area contributed by atoms with E-state index in [9.17, 15) is 4.79 Å². The predicted molar refractivity (Wildman–Crippen MR) is 99.3 cm³/mol. The summed E-state index contributed by atoms with van der Waals surface area (Å²) in [6.07, 6.45) is 4.53. The summed E-state index contributed by atoms with van der Waals surface area (Å²) in [6, 6.07) is 15.2. The SMILES string of the molecule is CCCc1ccc(NC(=O)c2ccc(OCC3CCCO3)cc2)cc1. The lowest BCUT2D eigenvalue weighted by Crippen LogP contribution is -2.16. The molecule has 2 aromatic carbocycles. The number of aryl methyl sites for hydroxylation is 1. The van der Waals surface area contributed by atoms with E-state index < -0.39 is 0 Å². The van der Waals surface area contributed by atoms with Crippen LogP contribution in [0.5, 0.6) is 5.75 Å². The molecule has 0 bridgehead atoms. The largest absolute Gasteiger partial charge is 0.491 e. The minimum Gasteiger partial charge on any atom is -0.491 e. The fraction of sp³-hybridized carbons (Fsp3) is 0.381. The van der Waals surface area contributed by atoms with Gasteiger partial charge in [0, 0.05) is 17.9 Å². The van der Waals surface area contributed by atoms with Crippen LogP contribution < -0.4 is 10.1 Å². The van der Waals surface area contributed by atoms with Crippen LogP contribution in [0.3, 0.4) is 0 Å². The summed E-state index contributed by atoms with van der Waals surface area (Å²) in [5.74, 6) is 0.643. The van der Waals surface area contributed by atoms with Crippen molar-refractivity contribution in [3.05, 3.63) is 59.7 Å². The maximum absolute atomic E-state index is 12.3. The predicted octanol–water partition coefficient (Wildman–Crippen LogP) is 4.45. The molecule has 1 amide bonds. The van der Waals surface area contributed by atoms with Crippen LogP contribution >= 0.6 is 0 Å². The molecule has 0 spiro atoms. The van der Waals surface area contributed by atoms with E-state index in [2.05, 4.69) is 24.4 Å². The molecule has 3 rings (SSSR count). The number of hydrogen-bond acceptors (Lipinski definition) is 3. The number of amides is 1. The van der Waals surface area contributed by atoms with Crippen molar-refractivity contribution in [3.8, 4) is 5.75 Å². The molecule has 0 aliphatic carbocycles. The molecule has 1 N–H and O–H groups in total. The highest BCUT2D eigenvalue weighted by Gasteiger charge is 2.16.